The van der Waals surface area contributed by atoms with E-state index in [2.05, 4.69) is 19.9 Å². The van der Waals surface area contributed by atoms with E-state index in [0.717, 1.165) is 0 Å². The molecule has 1 aromatic carbocycles. The number of nitrogens with zero attached hydrogens (tertiary/aromatic N) is 4. The van der Waals surface area contributed by atoms with Crippen LogP contribution in [0.2, 0.25) is 0 Å². The fraction of sp³-hybridized carbons (Fsp3) is 0.222. The highest BCUT2D eigenvalue weighted by Gasteiger charge is 2.35. The van der Waals surface area contributed by atoms with Crippen LogP contribution in [0.4, 0.5) is 18.3 Å². The van der Waals surface area contributed by atoms with E-state index in [1.807, 2.05) is 0 Å². The van der Waals surface area contributed by atoms with Crippen molar-refractivity contribution in [2.45, 2.75) is 13.1 Å². The number of rotatable bonds is 6. The van der Waals surface area contributed by atoms with E-state index >= 15 is 0 Å². The summed E-state index contributed by atoms with van der Waals surface area (Å²) >= 11 is 0.473. The Morgan fingerprint density at radius 1 is 1.03 bits per heavy atom. The topological polar surface area (TPSA) is 78.7 Å². The Labute approximate surface area is 167 Å². The maximum Gasteiger partial charge on any atom is 0.427 e. The molecule has 0 bridgehead atoms. The molecule has 3 rings (SSSR count). The summed E-state index contributed by atoms with van der Waals surface area (Å²) in [5.41, 5.74) is 0.385. The fourth-order valence-electron chi connectivity index (χ4n) is 2.24. The lowest BCUT2D eigenvalue weighted by Crippen LogP contribution is -2.03. The molecule has 0 N–H and O–H groups in total. The van der Waals surface area contributed by atoms with Crippen LogP contribution in [0.15, 0.2) is 35.3 Å². The minimum atomic E-state index is -4.46. The third-order valence-electron chi connectivity index (χ3n) is 3.55. The number of benzene rings is 1. The van der Waals surface area contributed by atoms with Crippen LogP contribution in [-0.4, -0.2) is 35.4 Å². The van der Waals surface area contributed by atoms with Gasteiger partial charge in [-0.1, -0.05) is 23.5 Å². The highest BCUT2D eigenvalue weighted by Crippen LogP contribution is 2.38. The molecule has 0 saturated carbocycles. The van der Waals surface area contributed by atoms with Crippen LogP contribution in [0.1, 0.15) is 16.1 Å². The van der Waals surface area contributed by atoms with Gasteiger partial charge in [0, 0.05) is 11.8 Å². The summed E-state index contributed by atoms with van der Waals surface area (Å²) in [4.78, 5) is 15.3. The summed E-state index contributed by atoms with van der Waals surface area (Å²) in [6.07, 6.45) is -3.09. The molecule has 152 valence electrons. The van der Waals surface area contributed by atoms with Crippen molar-refractivity contribution in [2.24, 2.45) is 4.99 Å². The number of hydrogen-bond acceptors (Lipinski definition) is 8. The van der Waals surface area contributed by atoms with Gasteiger partial charge in [0.05, 0.1) is 26.0 Å². The minimum absolute atomic E-state index is 0.0103. The lowest BCUT2D eigenvalue weighted by molar-refractivity contribution is -0.134. The van der Waals surface area contributed by atoms with Gasteiger partial charge in [0.15, 0.2) is 0 Å². The molecule has 7 nitrogen and oxygen atoms in total. The number of hydrogen-bond donors (Lipinski definition) is 0. The highest BCUT2D eigenvalue weighted by molar-refractivity contribution is 7.15. The van der Waals surface area contributed by atoms with Crippen LogP contribution in [0.3, 0.4) is 0 Å². The van der Waals surface area contributed by atoms with Crippen molar-refractivity contribution in [3.05, 3.63) is 46.5 Å². The van der Waals surface area contributed by atoms with Gasteiger partial charge in [-0.3, -0.25) is 0 Å². The summed E-state index contributed by atoms with van der Waals surface area (Å²) in [5, 5.41) is -0.0103. The molecule has 0 saturated heterocycles. The van der Waals surface area contributed by atoms with Gasteiger partial charge in [-0.25, -0.2) is 9.98 Å². The summed E-state index contributed by atoms with van der Waals surface area (Å²) < 4.78 is 54.6. The number of halogens is 3. The first-order valence-corrected chi connectivity index (χ1v) is 8.94. The molecule has 11 heteroatoms. The standard InChI is InChI=1S/C18H15F3N4O3S/c1-10-15(18(19,20)21)29-17(23-10)22-9-11-6-4-5-7-12(11)28-16-24-13(26-2)8-14(25-16)27-3/h4-9H,1-3H3. The summed E-state index contributed by atoms with van der Waals surface area (Å²) in [5.74, 6) is 0.836. The van der Waals surface area contributed by atoms with Gasteiger partial charge in [0.2, 0.25) is 16.9 Å². The Morgan fingerprint density at radius 3 is 2.28 bits per heavy atom. The van der Waals surface area contributed by atoms with E-state index in [0.29, 0.717) is 22.6 Å². The first-order valence-electron chi connectivity index (χ1n) is 8.13. The van der Waals surface area contributed by atoms with Gasteiger partial charge in [0.25, 0.3) is 0 Å². The molecule has 0 aliphatic rings. The average molecular weight is 424 g/mol. The number of ether oxygens (including phenoxy) is 3. The fourth-order valence-corrected chi connectivity index (χ4v) is 3.02. The molecule has 29 heavy (non-hydrogen) atoms. The molecule has 0 fully saturated rings. The first-order chi connectivity index (χ1) is 13.8. The van der Waals surface area contributed by atoms with Crippen molar-refractivity contribution in [3.63, 3.8) is 0 Å². The van der Waals surface area contributed by atoms with Crippen LogP contribution in [-0.2, 0) is 6.18 Å². The second kappa shape index (κ2) is 8.43. The molecule has 2 aromatic heterocycles. The molecule has 0 radical (unpaired) electrons. The van der Waals surface area contributed by atoms with Crippen molar-refractivity contribution in [3.8, 4) is 23.5 Å². The van der Waals surface area contributed by atoms with Crippen molar-refractivity contribution in [1.82, 2.24) is 15.0 Å². The zero-order valence-electron chi connectivity index (χ0n) is 15.5. The van der Waals surface area contributed by atoms with Crippen LogP contribution < -0.4 is 14.2 Å². The predicted molar refractivity (Wildman–Crippen MR) is 101 cm³/mol. The van der Waals surface area contributed by atoms with Gasteiger partial charge in [-0.05, 0) is 19.1 Å². The van der Waals surface area contributed by atoms with Gasteiger partial charge < -0.3 is 14.2 Å². The zero-order valence-corrected chi connectivity index (χ0v) is 16.3. The molecule has 2 heterocycles. The second-order valence-corrected chi connectivity index (χ2v) is 6.52. The summed E-state index contributed by atoms with van der Waals surface area (Å²) in [7, 11) is 2.88. The molecule has 3 aromatic rings. The zero-order chi connectivity index (χ0) is 21.0. The normalized spacial score (nSPS) is 11.7. The van der Waals surface area contributed by atoms with Gasteiger partial charge in [-0.15, -0.1) is 0 Å². The lowest BCUT2D eigenvalue weighted by Gasteiger charge is -2.09. The molecule has 0 spiro atoms. The van der Waals surface area contributed by atoms with Crippen LogP contribution in [0.25, 0.3) is 0 Å². The van der Waals surface area contributed by atoms with E-state index in [1.54, 1.807) is 24.3 Å². The first kappa shape index (κ1) is 20.5. The number of methoxy groups -OCH3 is 2. The van der Waals surface area contributed by atoms with Crippen LogP contribution in [0.5, 0.6) is 23.5 Å². The van der Waals surface area contributed by atoms with Crippen LogP contribution in [0, 0.1) is 6.92 Å². The Kier molecular flexibility index (Phi) is 5.97. The molecular formula is C18H15F3N4O3S. The van der Waals surface area contributed by atoms with E-state index in [-0.39, 0.29) is 28.6 Å². The lowest BCUT2D eigenvalue weighted by atomic mass is 10.2. The molecule has 0 amide bonds. The van der Waals surface area contributed by atoms with Gasteiger partial charge >= 0.3 is 12.2 Å². The monoisotopic (exact) mass is 424 g/mol. The Bertz CT molecular complexity index is 1020. The molecule has 0 aliphatic carbocycles. The smallest absolute Gasteiger partial charge is 0.427 e. The second-order valence-electron chi connectivity index (χ2n) is 5.54. The highest BCUT2D eigenvalue weighted by atomic mass is 32.1. The quantitative estimate of drug-likeness (QED) is 0.528. The van der Waals surface area contributed by atoms with Crippen LogP contribution >= 0.6 is 11.3 Å². The number of aliphatic imine (C=N–C) groups is 1. The van der Waals surface area contributed by atoms with Crippen molar-refractivity contribution in [1.29, 1.82) is 0 Å². The summed E-state index contributed by atoms with van der Waals surface area (Å²) in [6.45, 7) is 1.29. The largest absolute Gasteiger partial charge is 0.481 e. The Hall–Kier alpha value is -3.21. The average Bonchev–Trinajstić information content (AvgIpc) is 3.08. The Morgan fingerprint density at radius 2 is 1.69 bits per heavy atom. The molecule has 0 aliphatic heterocycles. The minimum Gasteiger partial charge on any atom is -0.481 e. The van der Waals surface area contributed by atoms with Crippen molar-refractivity contribution in [2.75, 3.05) is 14.2 Å². The van der Waals surface area contributed by atoms with E-state index in [1.165, 1.54) is 33.4 Å². The van der Waals surface area contributed by atoms with E-state index < -0.39 is 11.1 Å². The molecule has 0 unspecified atom stereocenters. The number of aryl methyl sites for hydroxylation is 1. The maximum absolute atomic E-state index is 12.9. The number of aromatic nitrogens is 3. The number of para-hydroxylation sites is 1. The van der Waals surface area contributed by atoms with Crippen molar-refractivity contribution < 1.29 is 27.4 Å². The molecule has 0 atom stereocenters. The van der Waals surface area contributed by atoms with E-state index in [9.17, 15) is 13.2 Å². The SMILES string of the molecule is COc1cc(OC)nc(Oc2ccccc2C=Nc2nc(C)c(C(F)(F)F)s2)n1. The number of thiazole rings is 1. The maximum atomic E-state index is 12.9. The van der Waals surface area contributed by atoms with E-state index in [4.69, 9.17) is 14.2 Å². The summed E-state index contributed by atoms with van der Waals surface area (Å²) in [6, 6.07) is 8.25. The van der Waals surface area contributed by atoms with Crippen molar-refractivity contribution >= 4 is 22.7 Å². The van der Waals surface area contributed by atoms with Gasteiger partial charge in [0.1, 0.15) is 10.6 Å². The van der Waals surface area contributed by atoms with Gasteiger partial charge in [-0.2, -0.15) is 23.1 Å². The predicted octanol–water partition coefficient (Wildman–Crippen LogP) is 4.82. The third-order valence-corrected chi connectivity index (χ3v) is 4.66. The Balaban J connectivity index is 1.88. The number of alkyl halides is 3. The molecular weight excluding hydrogens is 409 g/mol. The third kappa shape index (κ3) is 4.99.